The van der Waals surface area contributed by atoms with Gasteiger partial charge in [0.05, 0.1) is 11.9 Å². The largest absolute Gasteiger partial charge is 0.368 e. The highest BCUT2D eigenvalue weighted by atomic mass is 35.5. The van der Waals surface area contributed by atoms with Gasteiger partial charge in [-0.15, -0.1) is 11.6 Å². The van der Waals surface area contributed by atoms with E-state index in [-0.39, 0.29) is 0 Å². The van der Waals surface area contributed by atoms with Crippen LogP contribution in [-0.4, -0.2) is 29.6 Å². The molecule has 2 nitrogen and oxygen atoms in total. The first-order valence-corrected chi connectivity index (χ1v) is 6.42. The van der Waals surface area contributed by atoms with Gasteiger partial charge in [-0.2, -0.15) is 11.8 Å². The van der Waals surface area contributed by atoms with Crippen molar-refractivity contribution in [2.45, 2.75) is 5.88 Å². The second kappa shape index (κ2) is 4.89. The Bertz CT molecular complexity index is 300. The molecule has 0 aromatic carbocycles. The Kier molecular flexibility index (Phi) is 3.54. The van der Waals surface area contributed by atoms with Crippen LogP contribution in [0.25, 0.3) is 0 Å². The van der Waals surface area contributed by atoms with E-state index in [0.717, 1.165) is 13.1 Å². The van der Waals surface area contributed by atoms with Crippen molar-refractivity contribution in [3.63, 3.8) is 0 Å². The Morgan fingerprint density at radius 2 is 2.21 bits per heavy atom. The van der Waals surface area contributed by atoms with Crippen molar-refractivity contribution >= 4 is 29.1 Å². The van der Waals surface area contributed by atoms with Gasteiger partial charge in [0.2, 0.25) is 0 Å². The molecule has 1 aromatic rings. The van der Waals surface area contributed by atoms with Crippen molar-refractivity contribution in [2.75, 3.05) is 29.5 Å². The second-order valence-electron chi connectivity index (χ2n) is 3.24. The molecule has 0 N–H and O–H groups in total. The van der Waals surface area contributed by atoms with Gasteiger partial charge in [-0.05, 0) is 11.6 Å². The number of anilines is 1. The van der Waals surface area contributed by atoms with Crippen molar-refractivity contribution in [3.05, 3.63) is 24.0 Å². The van der Waals surface area contributed by atoms with E-state index >= 15 is 0 Å². The molecule has 0 spiro atoms. The summed E-state index contributed by atoms with van der Waals surface area (Å²) >= 11 is 7.90. The van der Waals surface area contributed by atoms with Crippen LogP contribution in [0.3, 0.4) is 0 Å². The fraction of sp³-hybridized carbons (Fsp3) is 0.500. The lowest BCUT2D eigenvalue weighted by Gasteiger charge is -2.29. The lowest BCUT2D eigenvalue weighted by atomic mass is 10.2. The van der Waals surface area contributed by atoms with Crippen LogP contribution in [0.2, 0.25) is 0 Å². The van der Waals surface area contributed by atoms with Gasteiger partial charge in [-0.1, -0.05) is 0 Å². The van der Waals surface area contributed by atoms with E-state index in [0.29, 0.717) is 5.88 Å². The minimum Gasteiger partial charge on any atom is -0.368 e. The van der Waals surface area contributed by atoms with E-state index in [2.05, 4.69) is 9.88 Å². The molecule has 14 heavy (non-hydrogen) atoms. The Labute approximate surface area is 93.7 Å². The highest BCUT2D eigenvalue weighted by Gasteiger charge is 2.13. The van der Waals surface area contributed by atoms with Gasteiger partial charge >= 0.3 is 0 Å². The summed E-state index contributed by atoms with van der Waals surface area (Å²) in [5, 5.41) is 0. The van der Waals surface area contributed by atoms with Gasteiger partial charge in [0.25, 0.3) is 0 Å². The number of rotatable bonds is 2. The van der Waals surface area contributed by atoms with Crippen LogP contribution in [0.1, 0.15) is 5.56 Å². The van der Waals surface area contributed by atoms with Gasteiger partial charge < -0.3 is 4.90 Å². The summed E-state index contributed by atoms with van der Waals surface area (Å²) in [7, 11) is 0. The molecular formula is C10H13ClN2S. The molecule has 0 aliphatic carbocycles. The summed E-state index contributed by atoms with van der Waals surface area (Å²) in [4.78, 5) is 6.54. The van der Waals surface area contributed by atoms with Crippen LogP contribution in [0.4, 0.5) is 5.69 Å². The molecule has 0 atom stereocenters. The molecule has 1 aromatic heterocycles. The van der Waals surface area contributed by atoms with Gasteiger partial charge in [0.15, 0.2) is 0 Å². The highest BCUT2D eigenvalue weighted by molar-refractivity contribution is 7.99. The third-order valence-electron chi connectivity index (χ3n) is 2.38. The minimum absolute atomic E-state index is 0.571. The second-order valence-corrected chi connectivity index (χ2v) is 4.73. The quantitative estimate of drug-likeness (QED) is 0.724. The number of alkyl halides is 1. The maximum atomic E-state index is 5.89. The number of aromatic nitrogens is 1. The SMILES string of the molecule is ClCc1ccncc1N1CCSCC1. The van der Waals surface area contributed by atoms with Crippen LogP contribution in [0.15, 0.2) is 18.5 Å². The smallest absolute Gasteiger partial charge is 0.0598 e. The van der Waals surface area contributed by atoms with Crippen LogP contribution < -0.4 is 4.90 Å². The normalized spacial score (nSPS) is 17.1. The fourth-order valence-electron chi connectivity index (χ4n) is 1.62. The average molecular weight is 229 g/mol. The summed E-state index contributed by atoms with van der Waals surface area (Å²) in [5.41, 5.74) is 2.40. The van der Waals surface area contributed by atoms with E-state index in [1.54, 1.807) is 6.20 Å². The molecule has 2 rings (SSSR count). The summed E-state index contributed by atoms with van der Waals surface area (Å²) in [6.45, 7) is 2.22. The number of pyridine rings is 1. The zero-order valence-corrected chi connectivity index (χ0v) is 9.52. The molecule has 0 unspecified atom stereocenters. The van der Waals surface area contributed by atoms with Crippen LogP contribution in [-0.2, 0) is 5.88 Å². The molecule has 0 radical (unpaired) electrons. The first kappa shape index (κ1) is 10.1. The Balaban J connectivity index is 2.20. The first-order chi connectivity index (χ1) is 6.92. The van der Waals surface area contributed by atoms with Crippen molar-refractivity contribution in [1.82, 2.24) is 4.98 Å². The lowest BCUT2D eigenvalue weighted by Crippen LogP contribution is -2.33. The molecule has 1 saturated heterocycles. The third kappa shape index (κ3) is 2.15. The molecule has 4 heteroatoms. The predicted molar refractivity (Wildman–Crippen MR) is 63.3 cm³/mol. The lowest BCUT2D eigenvalue weighted by molar-refractivity contribution is 0.849. The van der Waals surface area contributed by atoms with Crippen LogP contribution >= 0.6 is 23.4 Å². The van der Waals surface area contributed by atoms with Crippen molar-refractivity contribution in [1.29, 1.82) is 0 Å². The first-order valence-electron chi connectivity index (χ1n) is 4.73. The maximum Gasteiger partial charge on any atom is 0.0598 e. The van der Waals surface area contributed by atoms with Crippen LogP contribution in [0.5, 0.6) is 0 Å². The molecule has 1 aliphatic rings. The summed E-state index contributed by atoms with van der Waals surface area (Å²) in [5.74, 6) is 2.98. The molecule has 76 valence electrons. The molecule has 2 heterocycles. The summed E-state index contributed by atoms with van der Waals surface area (Å²) < 4.78 is 0. The molecule has 1 aliphatic heterocycles. The standard InChI is InChI=1S/C10H13ClN2S/c11-7-9-1-2-12-8-10(9)13-3-5-14-6-4-13/h1-2,8H,3-7H2. The number of hydrogen-bond donors (Lipinski definition) is 0. The minimum atomic E-state index is 0.571. The Hall–Kier alpha value is -0.410. The van der Waals surface area contributed by atoms with Crippen molar-refractivity contribution < 1.29 is 0 Å². The molecule has 0 amide bonds. The topological polar surface area (TPSA) is 16.1 Å². The number of thioether (sulfide) groups is 1. The van der Waals surface area contributed by atoms with Gasteiger partial charge in [0, 0.05) is 36.7 Å². The van der Waals surface area contributed by atoms with Crippen molar-refractivity contribution in [3.8, 4) is 0 Å². The van der Waals surface area contributed by atoms with Gasteiger partial charge in [0.1, 0.15) is 0 Å². The van der Waals surface area contributed by atoms with Gasteiger partial charge in [-0.3, -0.25) is 4.98 Å². The number of nitrogens with zero attached hydrogens (tertiary/aromatic N) is 2. The molecule has 1 fully saturated rings. The summed E-state index contributed by atoms with van der Waals surface area (Å²) in [6, 6.07) is 2.00. The zero-order valence-electron chi connectivity index (χ0n) is 7.95. The van der Waals surface area contributed by atoms with E-state index in [9.17, 15) is 0 Å². The number of halogens is 1. The van der Waals surface area contributed by atoms with Crippen molar-refractivity contribution in [2.24, 2.45) is 0 Å². The number of hydrogen-bond acceptors (Lipinski definition) is 3. The average Bonchev–Trinajstić information content (AvgIpc) is 2.30. The Morgan fingerprint density at radius 3 is 2.93 bits per heavy atom. The third-order valence-corrected chi connectivity index (χ3v) is 3.61. The molecular weight excluding hydrogens is 216 g/mol. The van der Waals surface area contributed by atoms with E-state index in [1.807, 2.05) is 24.0 Å². The van der Waals surface area contributed by atoms with E-state index in [4.69, 9.17) is 11.6 Å². The predicted octanol–water partition coefficient (Wildman–Crippen LogP) is 2.37. The Morgan fingerprint density at radius 1 is 1.43 bits per heavy atom. The zero-order chi connectivity index (χ0) is 9.80. The maximum absolute atomic E-state index is 5.89. The molecule has 0 saturated carbocycles. The van der Waals surface area contributed by atoms with Gasteiger partial charge in [-0.25, -0.2) is 0 Å². The monoisotopic (exact) mass is 228 g/mol. The molecule has 0 bridgehead atoms. The summed E-state index contributed by atoms with van der Waals surface area (Å²) in [6.07, 6.45) is 3.73. The fourth-order valence-corrected chi connectivity index (χ4v) is 2.75. The van der Waals surface area contributed by atoms with E-state index < -0.39 is 0 Å². The highest BCUT2D eigenvalue weighted by Crippen LogP contribution is 2.23. The van der Waals surface area contributed by atoms with E-state index in [1.165, 1.54) is 22.8 Å². The van der Waals surface area contributed by atoms with Crippen LogP contribution in [0, 0.1) is 0 Å².